The van der Waals surface area contributed by atoms with E-state index < -0.39 is 14.1 Å². The van der Waals surface area contributed by atoms with Gasteiger partial charge in [0, 0.05) is 12.8 Å². The van der Waals surface area contributed by atoms with E-state index in [2.05, 4.69) is 110 Å². The summed E-state index contributed by atoms with van der Waals surface area (Å²) in [5.74, 6) is 0.237. The van der Waals surface area contributed by atoms with E-state index in [4.69, 9.17) is 23.4 Å². The highest BCUT2D eigenvalue weighted by Gasteiger charge is 2.50. The second kappa shape index (κ2) is 14.7. The molecule has 0 aliphatic carbocycles. The summed E-state index contributed by atoms with van der Waals surface area (Å²) in [6.07, 6.45) is 3.44. The molecule has 0 unspecified atom stereocenters. The minimum Gasteiger partial charge on any atom is -0.497 e. The number of halogens is 1. The highest BCUT2D eigenvalue weighted by Crippen LogP contribution is 2.37. The van der Waals surface area contributed by atoms with Crippen molar-refractivity contribution in [1.82, 2.24) is 0 Å². The van der Waals surface area contributed by atoms with Gasteiger partial charge < -0.3 is 23.4 Å². The molecule has 0 spiro atoms. The van der Waals surface area contributed by atoms with Crippen molar-refractivity contribution in [3.8, 4) is 5.75 Å². The van der Waals surface area contributed by atoms with Crippen LogP contribution in [0.5, 0.6) is 5.75 Å². The van der Waals surface area contributed by atoms with Crippen molar-refractivity contribution in [2.45, 2.75) is 90.1 Å². The predicted octanol–water partition coefficient (Wildman–Crippen LogP) is 7.76. The second-order valence-corrected chi connectivity index (χ2v) is 18.0. The zero-order chi connectivity index (χ0) is 31.1. The van der Waals surface area contributed by atoms with Gasteiger partial charge in [0.2, 0.25) is 0 Å². The highest BCUT2D eigenvalue weighted by atomic mass is 79.9. The van der Waals surface area contributed by atoms with Gasteiger partial charge in [0.25, 0.3) is 8.32 Å². The number of hydrogen-bond donors (Lipinski definition) is 0. The Morgan fingerprint density at radius 1 is 0.930 bits per heavy atom. The van der Waals surface area contributed by atoms with Crippen LogP contribution in [0.25, 0.3) is 0 Å². The topological polar surface area (TPSA) is 46.2 Å². The lowest BCUT2D eigenvalue weighted by Gasteiger charge is -2.42. The third-order valence-corrected chi connectivity index (χ3v) is 13.7. The monoisotopic (exact) mass is 666 g/mol. The molecule has 1 saturated heterocycles. The predicted molar refractivity (Wildman–Crippen MR) is 181 cm³/mol. The number of benzene rings is 3. The summed E-state index contributed by atoms with van der Waals surface area (Å²) in [7, 11) is -0.946. The number of hydrogen-bond acceptors (Lipinski definition) is 5. The maximum Gasteiger partial charge on any atom is 0.261 e. The van der Waals surface area contributed by atoms with Gasteiger partial charge in [-0.3, -0.25) is 0 Å². The maximum absolute atomic E-state index is 7.08. The molecular formula is C36H47BrO5Si. The molecule has 0 N–H and O–H groups in total. The molecule has 3 aromatic carbocycles. The molecule has 0 amide bonds. The van der Waals surface area contributed by atoms with Crippen molar-refractivity contribution < 1.29 is 23.4 Å². The van der Waals surface area contributed by atoms with E-state index in [9.17, 15) is 0 Å². The first-order chi connectivity index (χ1) is 20.4. The molecule has 232 valence electrons. The summed E-state index contributed by atoms with van der Waals surface area (Å²) in [5.41, 5.74) is 1.10. The summed E-state index contributed by atoms with van der Waals surface area (Å²) in [5, 5.41) is 2.46. The fourth-order valence-electron chi connectivity index (χ4n) is 5.98. The van der Waals surface area contributed by atoms with Crippen molar-refractivity contribution in [2.75, 3.05) is 13.7 Å². The molecule has 1 heterocycles. The molecule has 43 heavy (non-hydrogen) atoms. The van der Waals surface area contributed by atoms with E-state index >= 15 is 0 Å². The minimum absolute atomic E-state index is 0.0108. The summed E-state index contributed by atoms with van der Waals surface area (Å²) in [4.78, 5) is 0. The van der Waals surface area contributed by atoms with Gasteiger partial charge >= 0.3 is 0 Å². The first-order valence-electron chi connectivity index (χ1n) is 15.1. The van der Waals surface area contributed by atoms with E-state index in [-0.39, 0.29) is 23.4 Å². The van der Waals surface area contributed by atoms with Gasteiger partial charge in [0.05, 0.1) is 38.6 Å². The molecule has 4 rings (SSSR count). The van der Waals surface area contributed by atoms with Crippen LogP contribution >= 0.6 is 15.9 Å². The lowest BCUT2D eigenvalue weighted by Crippen LogP contribution is -2.66. The van der Waals surface area contributed by atoms with E-state index in [1.165, 1.54) is 10.4 Å². The van der Waals surface area contributed by atoms with Gasteiger partial charge in [-0.05, 0) is 64.4 Å². The molecule has 7 heteroatoms. The Morgan fingerprint density at radius 3 is 2.00 bits per heavy atom. The van der Waals surface area contributed by atoms with Crippen LogP contribution in [0.3, 0.4) is 0 Å². The zero-order valence-corrected chi connectivity index (χ0v) is 29.2. The van der Waals surface area contributed by atoms with Crippen LogP contribution in [0.2, 0.25) is 5.04 Å². The normalized spacial score (nSPS) is 19.8. The van der Waals surface area contributed by atoms with Gasteiger partial charge in [-0.15, -0.1) is 0 Å². The summed E-state index contributed by atoms with van der Waals surface area (Å²) >= 11 is 3.87. The van der Waals surface area contributed by atoms with Gasteiger partial charge in [0.1, 0.15) is 5.75 Å². The quantitative estimate of drug-likeness (QED) is 0.175. The molecule has 0 bridgehead atoms. The minimum atomic E-state index is -2.62. The molecule has 1 fully saturated rings. The maximum atomic E-state index is 7.08. The molecule has 3 aromatic rings. The Labute approximate surface area is 267 Å². The van der Waals surface area contributed by atoms with Crippen molar-refractivity contribution in [1.29, 1.82) is 0 Å². The first kappa shape index (κ1) is 33.6. The van der Waals surface area contributed by atoms with Crippen molar-refractivity contribution in [3.63, 3.8) is 0 Å². The van der Waals surface area contributed by atoms with Gasteiger partial charge in [-0.2, -0.15) is 0 Å². The third kappa shape index (κ3) is 8.68. The smallest absolute Gasteiger partial charge is 0.261 e. The van der Waals surface area contributed by atoms with Crippen molar-refractivity contribution in [3.05, 3.63) is 101 Å². The standard InChI is InChI=1S/C36H47BrO5Si/c1-27-34(42-36(5,6)41-27)25-31(39-26-28-18-20-30(38-7)21-19-28)24-29(37)22-23-40-43(35(2,3)4,32-14-10-8-11-15-32)33-16-12-9-13-17-33/h8-22,27,31,34H,23-26H2,1-7H3/b29-22+/t27-,31+,34-/m1/s1. The molecule has 0 saturated carbocycles. The lowest BCUT2D eigenvalue weighted by atomic mass is 10.0. The number of ether oxygens (including phenoxy) is 4. The van der Waals surface area contributed by atoms with E-state index in [1.807, 2.05) is 38.1 Å². The lowest BCUT2D eigenvalue weighted by molar-refractivity contribution is -0.148. The van der Waals surface area contributed by atoms with E-state index in [0.717, 1.165) is 22.2 Å². The average molecular weight is 668 g/mol. The Kier molecular flexibility index (Phi) is 11.5. The van der Waals surface area contributed by atoms with Crippen molar-refractivity contribution >= 4 is 34.6 Å². The highest BCUT2D eigenvalue weighted by molar-refractivity contribution is 9.11. The van der Waals surface area contributed by atoms with Crippen LogP contribution in [-0.2, 0) is 25.2 Å². The van der Waals surface area contributed by atoms with Gasteiger partial charge in [-0.1, -0.05) is 109 Å². The molecule has 0 aromatic heterocycles. The molecule has 1 aliphatic rings. The van der Waals surface area contributed by atoms with E-state index in [0.29, 0.717) is 19.6 Å². The van der Waals surface area contributed by atoms with Gasteiger partial charge in [-0.25, -0.2) is 0 Å². The first-order valence-corrected chi connectivity index (χ1v) is 17.8. The fraction of sp³-hybridized carbons (Fsp3) is 0.444. The Morgan fingerprint density at radius 2 is 1.51 bits per heavy atom. The van der Waals surface area contributed by atoms with Crippen LogP contribution in [0.1, 0.15) is 59.9 Å². The Bertz CT molecular complexity index is 1270. The van der Waals surface area contributed by atoms with Crippen LogP contribution in [0, 0.1) is 0 Å². The molecular weight excluding hydrogens is 620 g/mol. The average Bonchev–Trinajstić information content (AvgIpc) is 3.24. The van der Waals surface area contributed by atoms with Crippen LogP contribution in [0.15, 0.2) is 95.5 Å². The summed E-state index contributed by atoms with van der Waals surface area (Å²) < 4.78 is 32.2. The third-order valence-electron chi connectivity index (χ3n) is 8.01. The van der Waals surface area contributed by atoms with Gasteiger partial charge in [0.15, 0.2) is 5.79 Å². The summed E-state index contributed by atoms with van der Waals surface area (Å²) in [6, 6.07) is 29.5. The number of methoxy groups -OCH3 is 1. The molecule has 0 radical (unpaired) electrons. The molecule has 5 nitrogen and oxygen atoms in total. The molecule has 1 aliphatic heterocycles. The van der Waals surface area contributed by atoms with Crippen LogP contribution < -0.4 is 15.1 Å². The molecule has 3 atom stereocenters. The SMILES string of the molecule is COc1ccc(CO[C@@H](C/C(Br)=C\CO[Si](c2ccccc2)(c2ccccc2)C(C)(C)C)C[C@H]2OC(C)(C)O[C@@H]2C)cc1. The van der Waals surface area contributed by atoms with Crippen LogP contribution in [0.4, 0.5) is 0 Å². The Balaban J connectivity index is 1.52. The second-order valence-electron chi connectivity index (χ2n) is 12.7. The zero-order valence-electron chi connectivity index (χ0n) is 26.6. The summed E-state index contributed by atoms with van der Waals surface area (Å²) in [6.45, 7) is 13.9. The van der Waals surface area contributed by atoms with Crippen LogP contribution in [-0.4, -0.2) is 46.1 Å². The fourth-order valence-corrected chi connectivity index (χ4v) is 11.0. The van der Waals surface area contributed by atoms with Crippen molar-refractivity contribution in [2.24, 2.45) is 0 Å². The largest absolute Gasteiger partial charge is 0.497 e. The number of rotatable bonds is 13. The van der Waals surface area contributed by atoms with E-state index in [1.54, 1.807) is 7.11 Å². The Hall–Kier alpha value is -2.26.